The third kappa shape index (κ3) is 6.97. The van der Waals surface area contributed by atoms with E-state index >= 15 is 0 Å². The molecule has 1 N–H and O–H groups in total. The van der Waals surface area contributed by atoms with Crippen molar-refractivity contribution in [1.82, 2.24) is 5.32 Å². The van der Waals surface area contributed by atoms with E-state index in [1.807, 2.05) is 0 Å². The topological polar surface area (TPSA) is 55.4 Å². The number of hydrogen-bond donors (Lipinski definition) is 1. The van der Waals surface area contributed by atoms with Crippen molar-refractivity contribution >= 4 is 11.9 Å². The Morgan fingerprint density at radius 2 is 1.88 bits per heavy atom. The average molecular weight is 243 g/mol. The van der Waals surface area contributed by atoms with Crippen LogP contribution < -0.4 is 5.32 Å². The summed E-state index contributed by atoms with van der Waals surface area (Å²) in [7, 11) is 0. The summed E-state index contributed by atoms with van der Waals surface area (Å²) in [5, 5.41) is 2.67. The van der Waals surface area contributed by atoms with Crippen LogP contribution >= 0.6 is 0 Å². The predicted octanol–water partition coefficient (Wildman–Crippen LogP) is 2.27. The van der Waals surface area contributed by atoms with Gasteiger partial charge in [-0.25, -0.2) is 4.79 Å². The van der Waals surface area contributed by atoms with Crippen LogP contribution in [0.5, 0.6) is 0 Å². The van der Waals surface area contributed by atoms with Gasteiger partial charge >= 0.3 is 5.97 Å². The first-order chi connectivity index (χ1) is 8.04. The van der Waals surface area contributed by atoms with Gasteiger partial charge in [0.15, 0.2) is 0 Å². The van der Waals surface area contributed by atoms with E-state index in [-0.39, 0.29) is 11.9 Å². The Morgan fingerprint density at radius 1 is 1.24 bits per heavy atom. The van der Waals surface area contributed by atoms with E-state index in [4.69, 9.17) is 4.74 Å². The molecule has 0 fully saturated rings. The minimum atomic E-state index is -0.554. The van der Waals surface area contributed by atoms with E-state index in [0.717, 1.165) is 19.3 Å². The van der Waals surface area contributed by atoms with E-state index in [1.54, 1.807) is 13.8 Å². The molecule has 0 aliphatic rings. The third-order valence-corrected chi connectivity index (χ3v) is 2.77. The van der Waals surface area contributed by atoms with Crippen LogP contribution in [0.1, 0.15) is 53.4 Å². The molecular formula is C13H25NO3. The van der Waals surface area contributed by atoms with Crippen LogP contribution in [0.4, 0.5) is 0 Å². The highest BCUT2D eigenvalue weighted by Crippen LogP contribution is 2.14. The van der Waals surface area contributed by atoms with Gasteiger partial charge in [0.1, 0.15) is 6.04 Å². The van der Waals surface area contributed by atoms with Gasteiger partial charge in [-0.2, -0.15) is 0 Å². The predicted molar refractivity (Wildman–Crippen MR) is 67.5 cm³/mol. The van der Waals surface area contributed by atoms with Crippen molar-refractivity contribution < 1.29 is 14.3 Å². The molecule has 0 heterocycles. The fourth-order valence-electron chi connectivity index (χ4n) is 1.75. The summed E-state index contributed by atoms with van der Waals surface area (Å²) in [6.45, 7) is 7.94. The molecule has 0 rings (SSSR count). The van der Waals surface area contributed by atoms with Crippen LogP contribution in [0.2, 0.25) is 0 Å². The van der Waals surface area contributed by atoms with Crippen LogP contribution in [0.15, 0.2) is 0 Å². The minimum absolute atomic E-state index is 0.0640. The molecule has 100 valence electrons. The first kappa shape index (κ1) is 15.9. The molecule has 0 aliphatic carbocycles. The van der Waals surface area contributed by atoms with Crippen molar-refractivity contribution in [2.75, 3.05) is 6.61 Å². The van der Waals surface area contributed by atoms with Crippen molar-refractivity contribution in [3.05, 3.63) is 0 Å². The molecule has 0 aromatic heterocycles. The Hall–Kier alpha value is -1.06. The number of nitrogens with one attached hydrogen (secondary N) is 1. The first-order valence-corrected chi connectivity index (χ1v) is 6.51. The van der Waals surface area contributed by atoms with Gasteiger partial charge in [0.05, 0.1) is 6.61 Å². The highest BCUT2D eigenvalue weighted by atomic mass is 16.5. The van der Waals surface area contributed by atoms with Gasteiger partial charge in [-0.15, -0.1) is 0 Å². The number of carbonyl (C=O) groups excluding carboxylic acids is 2. The van der Waals surface area contributed by atoms with E-state index < -0.39 is 6.04 Å². The lowest BCUT2D eigenvalue weighted by molar-refractivity contribution is -0.147. The summed E-state index contributed by atoms with van der Waals surface area (Å²) in [6, 6.07) is -0.554. The van der Waals surface area contributed by atoms with Gasteiger partial charge in [-0.05, 0) is 19.8 Å². The first-order valence-electron chi connectivity index (χ1n) is 6.51. The number of esters is 1. The standard InChI is InChI=1S/C13H25NO3/c1-5-8-11(6-2)9-12(15)14-10(4)13(16)17-7-3/h10-11H,5-9H2,1-4H3,(H,14,15). The molecule has 0 saturated carbocycles. The van der Waals surface area contributed by atoms with Crippen LogP contribution in [0.3, 0.4) is 0 Å². The van der Waals surface area contributed by atoms with Gasteiger partial charge in [-0.3, -0.25) is 4.79 Å². The molecule has 0 aliphatic heterocycles. The second kappa shape index (κ2) is 9.02. The summed E-state index contributed by atoms with van der Waals surface area (Å²) in [5.41, 5.74) is 0. The van der Waals surface area contributed by atoms with Gasteiger partial charge in [0.2, 0.25) is 5.91 Å². The smallest absolute Gasteiger partial charge is 0.328 e. The normalized spacial score (nSPS) is 13.9. The van der Waals surface area contributed by atoms with E-state index in [2.05, 4.69) is 19.2 Å². The molecule has 0 bridgehead atoms. The summed E-state index contributed by atoms with van der Waals surface area (Å²) in [4.78, 5) is 23.0. The lowest BCUT2D eigenvalue weighted by Gasteiger charge is -2.16. The van der Waals surface area contributed by atoms with Crippen molar-refractivity contribution in [2.24, 2.45) is 5.92 Å². The Bertz CT molecular complexity index is 241. The van der Waals surface area contributed by atoms with Crippen LogP contribution in [0.25, 0.3) is 0 Å². The Morgan fingerprint density at radius 3 is 2.35 bits per heavy atom. The van der Waals surface area contributed by atoms with E-state index in [9.17, 15) is 9.59 Å². The molecule has 0 spiro atoms. The summed E-state index contributed by atoms with van der Waals surface area (Å²) < 4.78 is 4.83. The zero-order chi connectivity index (χ0) is 13.3. The lowest BCUT2D eigenvalue weighted by Crippen LogP contribution is -2.40. The Labute approximate surface area is 104 Å². The number of hydrogen-bond acceptors (Lipinski definition) is 3. The maximum atomic E-state index is 11.7. The highest BCUT2D eigenvalue weighted by Gasteiger charge is 2.18. The van der Waals surface area contributed by atoms with Crippen molar-refractivity contribution in [3.8, 4) is 0 Å². The van der Waals surface area contributed by atoms with Crippen molar-refractivity contribution in [1.29, 1.82) is 0 Å². The minimum Gasteiger partial charge on any atom is -0.464 e. The summed E-state index contributed by atoms with van der Waals surface area (Å²) >= 11 is 0. The van der Waals surface area contributed by atoms with E-state index in [0.29, 0.717) is 18.9 Å². The summed E-state index contributed by atoms with van der Waals surface area (Å²) in [5.74, 6) is -0.0235. The quantitative estimate of drug-likeness (QED) is 0.665. The molecule has 2 unspecified atom stereocenters. The third-order valence-electron chi connectivity index (χ3n) is 2.77. The van der Waals surface area contributed by atoms with Crippen LogP contribution in [0, 0.1) is 5.92 Å². The molecule has 17 heavy (non-hydrogen) atoms. The molecular weight excluding hydrogens is 218 g/mol. The molecule has 0 aromatic rings. The monoisotopic (exact) mass is 243 g/mol. The van der Waals surface area contributed by atoms with E-state index in [1.165, 1.54) is 0 Å². The molecule has 0 aromatic carbocycles. The fourth-order valence-corrected chi connectivity index (χ4v) is 1.75. The van der Waals surface area contributed by atoms with Crippen LogP contribution in [-0.2, 0) is 14.3 Å². The molecule has 2 atom stereocenters. The lowest BCUT2D eigenvalue weighted by atomic mass is 9.96. The largest absolute Gasteiger partial charge is 0.464 e. The second-order valence-electron chi connectivity index (χ2n) is 4.31. The molecule has 1 amide bonds. The SMILES string of the molecule is CCCC(CC)CC(=O)NC(C)C(=O)OCC. The zero-order valence-corrected chi connectivity index (χ0v) is 11.4. The zero-order valence-electron chi connectivity index (χ0n) is 11.4. The average Bonchev–Trinajstić information content (AvgIpc) is 2.28. The molecule has 4 heteroatoms. The number of ether oxygens (including phenoxy) is 1. The second-order valence-corrected chi connectivity index (χ2v) is 4.31. The molecule has 0 saturated heterocycles. The van der Waals surface area contributed by atoms with Gasteiger partial charge in [0.25, 0.3) is 0 Å². The highest BCUT2D eigenvalue weighted by molar-refractivity contribution is 5.84. The Balaban J connectivity index is 4.03. The summed E-state index contributed by atoms with van der Waals surface area (Å²) in [6.07, 6.45) is 3.63. The van der Waals surface area contributed by atoms with Crippen molar-refractivity contribution in [3.63, 3.8) is 0 Å². The maximum absolute atomic E-state index is 11.7. The number of carbonyl (C=O) groups is 2. The Kier molecular flexibility index (Phi) is 8.46. The number of amides is 1. The van der Waals surface area contributed by atoms with Gasteiger partial charge < -0.3 is 10.1 Å². The van der Waals surface area contributed by atoms with Gasteiger partial charge in [0, 0.05) is 6.42 Å². The molecule has 0 radical (unpaired) electrons. The maximum Gasteiger partial charge on any atom is 0.328 e. The molecule has 4 nitrogen and oxygen atoms in total. The number of rotatable bonds is 8. The van der Waals surface area contributed by atoms with Crippen molar-refractivity contribution in [2.45, 2.75) is 59.4 Å². The van der Waals surface area contributed by atoms with Gasteiger partial charge in [-0.1, -0.05) is 33.1 Å². The van der Waals surface area contributed by atoms with Crippen LogP contribution in [-0.4, -0.2) is 24.5 Å². The fraction of sp³-hybridized carbons (Fsp3) is 0.846.